The lowest BCUT2D eigenvalue weighted by molar-refractivity contribution is -0.427. The van der Waals surface area contributed by atoms with E-state index in [0.717, 1.165) is 16.7 Å². The van der Waals surface area contributed by atoms with Gasteiger partial charge in [-0.1, -0.05) is 121 Å². The van der Waals surface area contributed by atoms with Crippen LogP contribution in [0.25, 0.3) is 0 Å². The molecule has 0 aliphatic carbocycles. The molecule has 1 aliphatic heterocycles. The summed E-state index contributed by atoms with van der Waals surface area (Å²) < 4.78 is 61.8. The molecule has 1 heterocycles. The van der Waals surface area contributed by atoms with Gasteiger partial charge in [-0.2, -0.15) is 8.78 Å². The summed E-state index contributed by atoms with van der Waals surface area (Å²) in [6, 6.07) is 36.9. The zero-order valence-corrected chi connectivity index (χ0v) is 24.8. The molecule has 0 amide bonds. The maximum Gasteiger partial charge on any atom is 0.325 e. The highest BCUT2D eigenvalue weighted by Crippen LogP contribution is 2.43. The highest BCUT2D eigenvalue weighted by Gasteiger charge is 2.67. The molecular formula is C36H38F2O7. The molecule has 5 rings (SSSR count). The Bertz CT molecular complexity index is 1410. The lowest BCUT2D eigenvalue weighted by Crippen LogP contribution is -2.73. The van der Waals surface area contributed by atoms with Crippen molar-refractivity contribution in [3.8, 4) is 0 Å². The molecule has 9 heteroatoms. The SMILES string of the molecule is OCC(F)(F)C1(O)OC(COCc2ccccc2)C(OCc2ccccc2)C(OCc2ccccc2)C1OCc1ccccc1. The predicted octanol–water partition coefficient (Wildman–Crippen LogP) is 5.67. The van der Waals surface area contributed by atoms with E-state index in [-0.39, 0.29) is 33.0 Å². The van der Waals surface area contributed by atoms with Crippen LogP contribution in [0.5, 0.6) is 0 Å². The maximum atomic E-state index is 15.6. The average molecular weight is 621 g/mol. The first-order valence-corrected chi connectivity index (χ1v) is 14.9. The molecule has 0 bridgehead atoms. The van der Waals surface area contributed by atoms with E-state index >= 15 is 8.78 Å². The fourth-order valence-electron chi connectivity index (χ4n) is 5.26. The van der Waals surface area contributed by atoms with Crippen LogP contribution in [-0.2, 0) is 50.1 Å². The fourth-order valence-corrected chi connectivity index (χ4v) is 5.26. The Morgan fingerprint density at radius 1 is 0.600 bits per heavy atom. The van der Waals surface area contributed by atoms with Gasteiger partial charge in [-0.05, 0) is 22.3 Å². The van der Waals surface area contributed by atoms with Gasteiger partial charge in [-0.3, -0.25) is 0 Å². The van der Waals surface area contributed by atoms with Gasteiger partial charge in [0.2, 0.25) is 0 Å². The van der Waals surface area contributed by atoms with Gasteiger partial charge in [-0.25, -0.2) is 0 Å². The number of benzene rings is 4. The predicted molar refractivity (Wildman–Crippen MR) is 163 cm³/mol. The molecule has 5 unspecified atom stereocenters. The van der Waals surface area contributed by atoms with Crippen LogP contribution >= 0.6 is 0 Å². The molecule has 1 saturated heterocycles. The van der Waals surface area contributed by atoms with E-state index in [2.05, 4.69) is 0 Å². The molecule has 1 fully saturated rings. The van der Waals surface area contributed by atoms with Crippen molar-refractivity contribution in [1.82, 2.24) is 0 Å². The van der Waals surface area contributed by atoms with Crippen LogP contribution in [0.15, 0.2) is 121 Å². The third-order valence-corrected chi connectivity index (χ3v) is 7.66. The van der Waals surface area contributed by atoms with Crippen LogP contribution in [0.1, 0.15) is 22.3 Å². The molecule has 5 atom stereocenters. The second-order valence-electron chi connectivity index (χ2n) is 11.0. The van der Waals surface area contributed by atoms with E-state index in [0.29, 0.717) is 5.56 Å². The number of halogens is 2. The van der Waals surface area contributed by atoms with Gasteiger partial charge in [0.15, 0.2) is 0 Å². The smallest absolute Gasteiger partial charge is 0.325 e. The molecule has 0 spiro atoms. The summed E-state index contributed by atoms with van der Waals surface area (Å²) in [5.41, 5.74) is 3.17. The third-order valence-electron chi connectivity index (χ3n) is 7.66. The van der Waals surface area contributed by atoms with E-state index in [1.54, 1.807) is 24.3 Å². The van der Waals surface area contributed by atoms with E-state index < -0.39 is 42.7 Å². The molecule has 45 heavy (non-hydrogen) atoms. The van der Waals surface area contributed by atoms with E-state index in [1.807, 2.05) is 97.1 Å². The first-order chi connectivity index (χ1) is 21.9. The highest BCUT2D eigenvalue weighted by atomic mass is 19.3. The fraction of sp³-hybridized carbons (Fsp3) is 0.333. The quantitative estimate of drug-likeness (QED) is 0.177. The second-order valence-corrected chi connectivity index (χ2v) is 11.0. The van der Waals surface area contributed by atoms with Crippen molar-refractivity contribution in [2.75, 3.05) is 13.2 Å². The van der Waals surface area contributed by atoms with E-state index in [9.17, 15) is 10.2 Å². The Balaban J connectivity index is 1.50. The van der Waals surface area contributed by atoms with Crippen LogP contribution in [0.2, 0.25) is 0 Å². The van der Waals surface area contributed by atoms with Crippen LogP contribution in [0.4, 0.5) is 8.78 Å². The van der Waals surface area contributed by atoms with Crippen molar-refractivity contribution in [2.24, 2.45) is 0 Å². The van der Waals surface area contributed by atoms with E-state index in [1.165, 1.54) is 0 Å². The minimum Gasteiger partial charge on any atom is -0.390 e. The van der Waals surface area contributed by atoms with Gasteiger partial charge < -0.3 is 33.9 Å². The topological polar surface area (TPSA) is 86.6 Å². The first-order valence-electron chi connectivity index (χ1n) is 14.9. The van der Waals surface area contributed by atoms with Gasteiger partial charge >= 0.3 is 5.92 Å². The summed E-state index contributed by atoms with van der Waals surface area (Å²) >= 11 is 0. The van der Waals surface area contributed by atoms with Crippen molar-refractivity contribution in [3.05, 3.63) is 144 Å². The molecule has 0 aromatic heterocycles. The zero-order chi connectivity index (χ0) is 31.5. The van der Waals surface area contributed by atoms with Crippen molar-refractivity contribution < 1.29 is 42.7 Å². The number of rotatable bonds is 15. The van der Waals surface area contributed by atoms with Gasteiger partial charge in [0.05, 0.1) is 33.0 Å². The number of hydrogen-bond donors (Lipinski definition) is 2. The van der Waals surface area contributed by atoms with Crippen molar-refractivity contribution in [3.63, 3.8) is 0 Å². The summed E-state index contributed by atoms with van der Waals surface area (Å²) in [5.74, 6) is -7.42. The minimum atomic E-state index is -4.13. The van der Waals surface area contributed by atoms with Crippen LogP contribution in [0, 0.1) is 0 Å². The Hall–Kier alpha value is -3.54. The Kier molecular flexibility index (Phi) is 11.4. The molecular weight excluding hydrogens is 582 g/mol. The minimum absolute atomic E-state index is 0.0142. The monoisotopic (exact) mass is 620 g/mol. The number of hydrogen-bond acceptors (Lipinski definition) is 7. The number of ether oxygens (including phenoxy) is 5. The lowest BCUT2D eigenvalue weighted by atomic mass is 9.88. The zero-order valence-electron chi connectivity index (χ0n) is 24.8. The lowest BCUT2D eigenvalue weighted by Gasteiger charge is -2.52. The largest absolute Gasteiger partial charge is 0.390 e. The normalized spacial score (nSPS) is 23.6. The molecule has 0 saturated carbocycles. The van der Waals surface area contributed by atoms with Crippen molar-refractivity contribution in [1.29, 1.82) is 0 Å². The second kappa shape index (κ2) is 15.6. The highest BCUT2D eigenvalue weighted by molar-refractivity contribution is 5.17. The van der Waals surface area contributed by atoms with Crippen molar-refractivity contribution >= 4 is 0 Å². The molecule has 4 aromatic rings. The number of aliphatic hydroxyl groups is 2. The molecule has 7 nitrogen and oxygen atoms in total. The summed E-state index contributed by atoms with van der Waals surface area (Å²) in [6.45, 7) is -1.74. The Labute approximate surface area is 261 Å². The maximum absolute atomic E-state index is 15.6. The number of aliphatic hydroxyl groups excluding tert-OH is 1. The van der Waals surface area contributed by atoms with Crippen LogP contribution < -0.4 is 0 Å². The van der Waals surface area contributed by atoms with Crippen molar-refractivity contribution in [2.45, 2.75) is 62.6 Å². The van der Waals surface area contributed by atoms with Gasteiger partial charge in [0, 0.05) is 0 Å². The summed E-state index contributed by atoms with van der Waals surface area (Å²) in [6.07, 6.45) is -5.27. The van der Waals surface area contributed by atoms with Crippen LogP contribution in [-0.4, -0.2) is 59.6 Å². The molecule has 2 N–H and O–H groups in total. The average Bonchev–Trinajstić information content (AvgIpc) is 3.08. The summed E-state index contributed by atoms with van der Waals surface area (Å²) in [7, 11) is 0. The summed E-state index contributed by atoms with van der Waals surface area (Å²) in [4.78, 5) is 0. The molecule has 1 aliphatic rings. The van der Waals surface area contributed by atoms with Gasteiger partial charge in [-0.15, -0.1) is 0 Å². The number of alkyl halides is 2. The third kappa shape index (κ3) is 8.39. The summed E-state index contributed by atoms with van der Waals surface area (Å²) in [5, 5.41) is 21.5. The van der Waals surface area contributed by atoms with Crippen LogP contribution in [0.3, 0.4) is 0 Å². The molecule has 4 aromatic carbocycles. The Morgan fingerprint density at radius 2 is 1.00 bits per heavy atom. The van der Waals surface area contributed by atoms with Gasteiger partial charge in [0.1, 0.15) is 31.0 Å². The van der Waals surface area contributed by atoms with E-state index in [4.69, 9.17) is 23.7 Å². The molecule has 0 radical (unpaired) electrons. The first kappa shape index (κ1) is 32.8. The van der Waals surface area contributed by atoms with Gasteiger partial charge in [0.25, 0.3) is 5.79 Å². The Morgan fingerprint density at radius 3 is 1.44 bits per heavy atom. The molecule has 238 valence electrons. The standard InChI is InChI=1S/C36H38F2O7/c37-35(38,26-39)36(40)34(44-24-30-19-11-4-12-20-30)33(43-23-29-17-9-3-10-18-29)32(42-22-28-15-7-2-8-16-28)31(45-36)25-41-21-27-13-5-1-6-14-27/h1-20,31-34,39-40H,21-26H2.